The van der Waals surface area contributed by atoms with Crippen LogP contribution in [-0.4, -0.2) is 48.4 Å². The number of ether oxygens (including phenoxy) is 2. The highest BCUT2D eigenvalue weighted by molar-refractivity contribution is 5.97. The predicted molar refractivity (Wildman–Crippen MR) is 141 cm³/mol. The molecule has 1 N–H and O–H groups in total. The predicted octanol–water partition coefficient (Wildman–Crippen LogP) is 4.98. The van der Waals surface area contributed by atoms with Crippen LogP contribution in [0.1, 0.15) is 30.0 Å². The van der Waals surface area contributed by atoms with E-state index in [-0.39, 0.29) is 25.0 Å². The van der Waals surface area contributed by atoms with Gasteiger partial charge in [-0.25, -0.2) is 4.79 Å². The zero-order chi connectivity index (χ0) is 26.5. The van der Waals surface area contributed by atoms with Crippen LogP contribution in [-0.2, 0) is 19.9 Å². The number of azide groups is 1. The maximum atomic E-state index is 12.6. The molecule has 3 amide bonds. The van der Waals surface area contributed by atoms with Crippen molar-refractivity contribution in [3.8, 4) is 0 Å². The van der Waals surface area contributed by atoms with Crippen molar-refractivity contribution in [2.75, 3.05) is 13.2 Å². The first kappa shape index (κ1) is 25.5. The topological polar surface area (TPSA) is 117 Å². The molecule has 2 heterocycles. The number of hydrogen-bond acceptors (Lipinski definition) is 5. The van der Waals surface area contributed by atoms with Crippen LogP contribution in [0.25, 0.3) is 10.4 Å². The monoisotopic (exact) mass is 511 g/mol. The number of nitrogens with one attached hydrogen (secondary N) is 1. The minimum absolute atomic E-state index is 0.100. The molecule has 194 valence electrons. The molecule has 0 aromatic heterocycles. The maximum absolute atomic E-state index is 12.6. The number of amides is 3. The van der Waals surface area contributed by atoms with E-state index < -0.39 is 30.0 Å². The summed E-state index contributed by atoms with van der Waals surface area (Å²) < 4.78 is 13.2. The fourth-order valence-corrected chi connectivity index (χ4v) is 5.23. The second-order valence-electron chi connectivity index (χ2n) is 9.58. The van der Waals surface area contributed by atoms with Crippen LogP contribution in [0.2, 0.25) is 0 Å². The highest BCUT2D eigenvalue weighted by Crippen LogP contribution is 2.41. The van der Waals surface area contributed by atoms with Gasteiger partial charge in [-0.15, -0.1) is 0 Å². The summed E-state index contributed by atoms with van der Waals surface area (Å²) in [5.74, 6) is -0.680. The van der Waals surface area contributed by atoms with E-state index in [4.69, 9.17) is 9.47 Å². The summed E-state index contributed by atoms with van der Waals surface area (Å²) in [6.07, 6.45) is -0.942. The maximum Gasteiger partial charge on any atom is 0.326 e. The normalized spacial score (nSPS) is 23.6. The van der Waals surface area contributed by atoms with Crippen molar-refractivity contribution in [2.24, 2.45) is 11.0 Å². The number of hydrogen-bond donors (Lipinski definition) is 1. The van der Waals surface area contributed by atoms with E-state index in [0.717, 1.165) is 16.7 Å². The minimum atomic E-state index is -0.963. The van der Waals surface area contributed by atoms with Gasteiger partial charge in [0.1, 0.15) is 11.8 Å². The van der Waals surface area contributed by atoms with Gasteiger partial charge in [-0.2, -0.15) is 0 Å². The molecule has 9 heteroatoms. The zero-order valence-electron chi connectivity index (χ0n) is 21.0. The zero-order valence-corrected chi connectivity index (χ0v) is 21.0. The van der Waals surface area contributed by atoms with Crippen molar-refractivity contribution in [3.63, 3.8) is 0 Å². The van der Waals surface area contributed by atoms with Gasteiger partial charge in [0.05, 0.1) is 24.7 Å². The summed E-state index contributed by atoms with van der Waals surface area (Å²) in [4.78, 5) is 29.0. The van der Waals surface area contributed by atoms with E-state index in [0.29, 0.717) is 6.42 Å². The van der Waals surface area contributed by atoms with E-state index in [1.54, 1.807) is 6.92 Å². The standard InChI is InChI=1S/C29H29N5O4/c1-20-18-34(28(36)31-27(20)35)26-17-24(32-33-30)25(38-26)19-37-29(21-11-5-2-6-12-21,22-13-7-3-8-14-22)23-15-9-4-10-16-23/h2-16,20,24-26H,17-19H2,1H3,(H,31,35,36)/t20?,24-,25+,26+/m0/s1. The molecule has 2 aliphatic rings. The molecule has 0 aliphatic carbocycles. The summed E-state index contributed by atoms with van der Waals surface area (Å²) in [5, 5.41) is 6.35. The van der Waals surface area contributed by atoms with Gasteiger partial charge in [0.25, 0.3) is 0 Å². The largest absolute Gasteiger partial charge is 0.358 e. The number of carbonyl (C=O) groups excluding carboxylic acids is 2. The molecule has 2 fully saturated rings. The fraction of sp³-hybridized carbons (Fsp3) is 0.310. The van der Waals surface area contributed by atoms with Crippen molar-refractivity contribution >= 4 is 11.9 Å². The highest BCUT2D eigenvalue weighted by atomic mass is 16.6. The van der Waals surface area contributed by atoms with Crippen LogP contribution in [0.15, 0.2) is 96.1 Å². The Morgan fingerprint density at radius 2 is 1.50 bits per heavy atom. The van der Waals surface area contributed by atoms with Gasteiger partial charge in [-0.05, 0) is 22.2 Å². The Labute approximate surface area is 221 Å². The molecule has 0 radical (unpaired) electrons. The molecule has 1 unspecified atom stereocenters. The summed E-state index contributed by atoms with van der Waals surface area (Å²) in [6.45, 7) is 2.08. The molecule has 5 rings (SSSR count). The average molecular weight is 512 g/mol. The molecular formula is C29H29N5O4. The molecule has 0 saturated carbocycles. The van der Waals surface area contributed by atoms with Gasteiger partial charge >= 0.3 is 6.03 Å². The van der Waals surface area contributed by atoms with Crippen LogP contribution in [0, 0.1) is 5.92 Å². The third kappa shape index (κ3) is 4.87. The molecule has 2 saturated heterocycles. The Kier molecular flexibility index (Phi) is 7.42. The number of benzene rings is 3. The smallest absolute Gasteiger partial charge is 0.326 e. The quantitative estimate of drug-likeness (QED) is 0.199. The first-order valence-corrected chi connectivity index (χ1v) is 12.6. The highest BCUT2D eigenvalue weighted by Gasteiger charge is 2.45. The Bertz CT molecular complexity index is 1220. The third-order valence-corrected chi connectivity index (χ3v) is 7.17. The molecule has 0 bridgehead atoms. The Balaban J connectivity index is 1.49. The van der Waals surface area contributed by atoms with Crippen molar-refractivity contribution in [1.82, 2.24) is 10.2 Å². The molecule has 0 spiro atoms. The second-order valence-corrected chi connectivity index (χ2v) is 9.58. The van der Waals surface area contributed by atoms with Gasteiger partial charge in [-0.1, -0.05) is 103 Å². The lowest BCUT2D eigenvalue weighted by molar-refractivity contribution is -0.129. The Hall–Kier alpha value is -4.17. The lowest BCUT2D eigenvalue weighted by atomic mass is 9.80. The van der Waals surface area contributed by atoms with Crippen LogP contribution in [0.4, 0.5) is 4.79 Å². The van der Waals surface area contributed by atoms with E-state index in [2.05, 4.69) is 15.3 Å². The van der Waals surface area contributed by atoms with Gasteiger partial charge in [-0.3, -0.25) is 15.0 Å². The Morgan fingerprint density at radius 1 is 0.974 bits per heavy atom. The van der Waals surface area contributed by atoms with Crippen LogP contribution in [0.3, 0.4) is 0 Å². The van der Waals surface area contributed by atoms with Gasteiger partial charge in [0.2, 0.25) is 5.91 Å². The van der Waals surface area contributed by atoms with Crippen LogP contribution >= 0.6 is 0 Å². The summed E-state index contributed by atoms with van der Waals surface area (Å²) in [7, 11) is 0. The first-order chi connectivity index (χ1) is 18.5. The molecule has 38 heavy (non-hydrogen) atoms. The number of nitrogens with zero attached hydrogens (tertiary/aromatic N) is 4. The number of rotatable bonds is 8. The lowest BCUT2D eigenvalue weighted by Crippen LogP contribution is -2.57. The van der Waals surface area contributed by atoms with E-state index in [9.17, 15) is 15.1 Å². The van der Waals surface area contributed by atoms with Crippen molar-refractivity contribution in [3.05, 3.63) is 118 Å². The van der Waals surface area contributed by atoms with E-state index >= 15 is 0 Å². The number of carbonyl (C=O) groups is 2. The average Bonchev–Trinajstić information content (AvgIpc) is 3.35. The van der Waals surface area contributed by atoms with Crippen LogP contribution in [0.5, 0.6) is 0 Å². The molecule has 3 aromatic rings. The van der Waals surface area contributed by atoms with Crippen molar-refractivity contribution in [2.45, 2.75) is 37.3 Å². The first-order valence-electron chi connectivity index (χ1n) is 12.6. The second kappa shape index (κ2) is 11.1. The third-order valence-electron chi connectivity index (χ3n) is 7.17. The number of urea groups is 1. The lowest BCUT2D eigenvalue weighted by Gasteiger charge is -2.37. The summed E-state index contributed by atoms with van der Waals surface area (Å²) in [6, 6.07) is 28.8. The molecular weight excluding hydrogens is 482 g/mol. The van der Waals surface area contributed by atoms with Gasteiger partial charge in [0.15, 0.2) is 0 Å². The summed E-state index contributed by atoms with van der Waals surface area (Å²) in [5.41, 5.74) is 11.1. The van der Waals surface area contributed by atoms with Gasteiger partial charge in [0, 0.05) is 17.9 Å². The Morgan fingerprint density at radius 3 is 2.00 bits per heavy atom. The van der Waals surface area contributed by atoms with Crippen LogP contribution < -0.4 is 5.32 Å². The molecule has 4 atom stereocenters. The molecule has 3 aromatic carbocycles. The molecule has 9 nitrogen and oxygen atoms in total. The molecule has 2 aliphatic heterocycles. The van der Waals surface area contributed by atoms with E-state index in [1.807, 2.05) is 91.0 Å². The fourth-order valence-electron chi connectivity index (χ4n) is 5.23. The minimum Gasteiger partial charge on any atom is -0.358 e. The van der Waals surface area contributed by atoms with Crippen molar-refractivity contribution in [1.29, 1.82) is 0 Å². The summed E-state index contributed by atoms with van der Waals surface area (Å²) >= 11 is 0. The van der Waals surface area contributed by atoms with E-state index in [1.165, 1.54) is 4.90 Å². The van der Waals surface area contributed by atoms with Gasteiger partial charge < -0.3 is 9.47 Å². The van der Waals surface area contributed by atoms with Crippen molar-refractivity contribution < 1.29 is 19.1 Å². The number of imide groups is 1. The SMILES string of the molecule is CC1CN([C@H]2C[C@H](N=[N+]=[N-])[C@@H](COC(c3ccccc3)(c3ccccc3)c3ccccc3)O2)C(=O)NC1=O.